The van der Waals surface area contributed by atoms with Crippen molar-refractivity contribution in [3.8, 4) is 0 Å². The van der Waals surface area contributed by atoms with Gasteiger partial charge in [-0.1, -0.05) is 18.2 Å². The van der Waals surface area contributed by atoms with Crippen LogP contribution in [0.25, 0.3) is 10.9 Å². The van der Waals surface area contributed by atoms with E-state index in [2.05, 4.69) is 45.7 Å². The van der Waals surface area contributed by atoms with Crippen molar-refractivity contribution < 1.29 is 5.11 Å². The highest BCUT2D eigenvalue weighted by Crippen LogP contribution is 2.49. The molecule has 2 N–H and O–H groups in total. The third kappa shape index (κ3) is 3.08. The lowest BCUT2D eigenvalue weighted by Gasteiger charge is -2.52. The van der Waals surface area contributed by atoms with Crippen LogP contribution in [0.15, 0.2) is 36.5 Å². The molecule has 2 aliphatic heterocycles. The second-order valence-electron chi connectivity index (χ2n) is 7.19. The number of para-hydroxylation sites is 1. The van der Waals surface area contributed by atoms with E-state index in [1.165, 1.54) is 23.8 Å². The Morgan fingerprint density at radius 1 is 1.20 bits per heavy atom. The van der Waals surface area contributed by atoms with E-state index >= 15 is 0 Å². The number of piperidine rings is 2. The smallest absolute Gasteiger partial charge is 0.0957 e. The number of hydrogen-bond donors (Lipinski definition) is 2. The Morgan fingerprint density at radius 2 is 2.00 bits per heavy atom. The van der Waals surface area contributed by atoms with Crippen LogP contribution in [-0.2, 0) is 4.87 Å². The molecule has 3 heterocycles. The largest absolute Gasteiger partial charge is 0.393 e. The monoisotopic (exact) mass is 357 g/mol. The Labute approximate surface area is 154 Å². The molecule has 0 saturated carbocycles. The number of aliphatic hydroxyl groups is 1. The van der Waals surface area contributed by atoms with Crippen LogP contribution in [0, 0.1) is 0 Å². The summed E-state index contributed by atoms with van der Waals surface area (Å²) in [5.74, 6) is 0. The molecule has 2 aliphatic rings. The number of nitrogens with zero attached hydrogens (tertiary/aromatic N) is 2. The van der Waals surface area contributed by atoms with Gasteiger partial charge in [0.2, 0.25) is 0 Å². The lowest BCUT2D eigenvalue weighted by molar-refractivity contribution is -0.00871. The Morgan fingerprint density at radius 3 is 2.80 bits per heavy atom. The summed E-state index contributed by atoms with van der Waals surface area (Å²) in [6, 6.07) is 11.2. The number of hydrogen-bond acceptors (Lipinski definition) is 5. The molecule has 4 rings (SSSR count). The van der Waals surface area contributed by atoms with Crippen molar-refractivity contribution in [1.82, 2.24) is 15.2 Å². The van der Waals surface area contributed by atoms with Crippen LogP contribution in [0.5, 0.6) is 0 Å². The maximum Gasteiger partial charge on any atom is 0.0957 e. The van der Waals surface area contributed by atoms with Crippen LogP contribution in [0.1, 0.15) is 31.2 Å². The molecule has 1 aromatic carbocycles. The summed E-state index contributed by atoms with van der Waals surface area (Å²) in [6.07, 6.45) is 7.90. The third-order valence-corrected chi connectivity index (χ3v) is 7.13. The molecule has 0 aliphatic carbocycles. The molecule has 2 saturated heterocycles. The molecule has 2 fully saturated rings. The van der Waals surface area contributed by atoms with Crippen LogP contribution in [-0.4, -0.2) is 53.0 Å². The standard InChI is InChI=1S/C20H27N3OS/c1-25-20(18-8-12-22-19-5-3-2-4-17(18)19)14-16(24)9-13-23(20)15-6-10-21-11-7-15/h2-5,8,12,15-16,21,24H,6-7,9-11,13-14H2,1H3. The van der Waals surface area contributed by atoms with Gasteiger partial charge in [-0.05, 0) is 56.3 Å². The Balaban J connectivity index is 1.84. The Bertz CT molecular complexity index is 728. The summed E-state index contributed by atoms with van der Waals surface area (Å²) in [6.45, 7) is 3.14. The summed E-state index contributed by atoms with van der Waals surface area (Å²) in [4.78, 5) is 7.07. The van der Waals surface area contributed by atoms with E-state index in [0.717, 1.165) is 38.0 Å². The van der Waals surface area contributed by atoms with Crippen LogP contribution in [0.4, 0.5) is 0 Å². The first kappa shape index (κ1) is 17.3. The number of rotatable bonds is 3. The van der Waals surface area contributed by atoms with E-state index in [9.17, 15) is 5.11 Å². The minimum Gasteiger partial charge on any atom is -0.393 e. The van der Waals surface area contributed by atoms with Crippen LogP contribution in [0.2, 0.25) is 0 Å². The second kappa shape index (κ2) is 7.23. The number of pyridine rings is 1. The topological polar surface area (TPSA) is 48.4 Å². The molecule has 5 heteroatoms. The zero-order valence-corrected chi connectivity index (χ0v) is 15.6. The molecular formula is C20H27N3OS. The maximum absolute atomic E-state index is 10.6. The van der Waals surface area contributed by atoms with Crippen molar-refractivity contribution in [2.24, 2.45) is 0 Å². The SMILES string of the molecule is CSC1(c2ccnc3ccccc23)CC(O)CCN1C1CCNCC1. The molecule has 134 valence electrons. The van der Waals surface area contributed by atoms with Gasteiger partial charge in [-0.3, -0.25) is 9.88 Å². The second-order valence-corrected chi connectivity index (χ2v) is 8.27. The van der Waals surface area contributed by atoms with Crippen molar-refractivity contribution >= 4 is 22.7 Å². The van der Waals surface area contributed by atoms with Crippen molar-refractivity contribution in [2.75, 3.05) is 25.9 Å². The molecule has 2 atom stereocenters. The molecule has 4 nitrogen and oxygen atoms in total. The van der Waals surface area contributed by atoms with E-state index in [4.69, 9.17) is 0 Å². The quantitative estimate of drug-likeness (QED) is 0.884. The first-order chi connectivity index (χ1) is 12.2. The molecular weight excluding hydrogens is 330 g/mol. The molecule has 2 unspecified atom stereocenters. The number of aromatic nitrogens is 1. The van der Waals surface area contributed by atoms with Crippen LogP contribution < -0.4 is 5.32 Å². The fraction of sp³-hybridized carbons (Fsp3) is 0.550. The van der Waals surface area contributed by atoms with Gasteiger partial charge in [-0.15, -0.1) is 11.8 Å². The van der Waals surface area contributed by atoms with Gasteiger partial charge in [0.05, 0.1) is 16.5 Å². The summed E-state index contributed by atoms with van der Waals surface area (Å²) in [5.41, 5.74) is 2.35. The molecule has 0 radical (unpaired) electrons. The Hall–Kier alpha value is -1.14. The first-order valence-electron chi connectivity index (χ1n) is 9.29. The lowest BCUT2D eigenvalue weighted by Crippen LogP contribution is -2.57. The van der Waals surface area contributed by atoms with E-state index in [1.54, 1.807) is 0 Å². The fourth-order valence-electron chi connectivity index (χ4n) is 4.61. The summed E-state index contributed by atoms with van der Waals surface area (Å²) in [7, 11) is 0. The predicted octanol–water partition coefficient (Wildman–Crippen LogP) is 2.96. The fourth-order valence-corrected chi connectivity index (χ4v) is 5.85. The maximum atomic E-state index is 10.6. The molecule has 25 heavy (non-hydrogen) atoms. The number of likely N-dealkylation sites (tertiary alicyclic amines) is 1. The minimum absolute atomic E-state index is 0.178. The predicted molar refractivity (Wildman–Crippen MR) is 105 cm³/mol. The van der Waals surface area contributed by atoms with Gasteiger partial charge in [-0.25, -0.2) is 0 Å². The van der Waals surface area contributed by atoms with Gasteiger partial charge in [-0.2, -0.15) is 0 Å². The number of benzene rings is 1. The van der Waals surface area contributed by atoms with E-state index in [1.807, 2.05) is 24.0 Å². The molecule has 2 aromatic rings. The van der Waals surface area contributed by atoms with Gasteiger partial charge in [0.25, 0.3) is 0 Å². The van der Waals surface area contributed by atoms with Gasteiger partial charge in [0.1, 0.15) is 0 Å². The minimum atomic E-state index is -0.239. The van der Waals surface area contributed by atoms with Gasteiger partial charge >= 0.3 is 0 Å². The lowest BCUT2D eigenvalue weighted by atomic mass is 9.87. The number of fused-ring (bicyclic) bond motifs is 1. The first-order valence-corrected chi connectivity index (χ1v) is 10.5. The zero-order chi connectivity index (χ0) is 17.3. The molecule has 0 spiro atoms. The van der Waals surface area contributed by atoms with Crippen LogP contribution in [0.3, 0.4) is 0 Å². The third-order valence-electron chi connectivity index (χ3n) is 5.84. The highest BCUT2D eigenvalue weighted by Gasteiger charge is 2.46. The molecule has 0 bridgehead atoms. The number of nitrogens with one attached hydrogen (secondary N) is 1. The average Bonchev–Trinajstić information content (AvgIpc) is 2.68. The summed E-state index contributed by atoms with van der Waals surface area (Å²) < 4.78 is 0. The van der Waals surface area contributed by atoms with Gasteiger partial charge < -0.3 is 10.4 Å². The molecule has 0 amide bonds. The Kier molecular flexibility index (Phi) is 5.00. The van der Waals surface area contributed by atoms with E-state index in [0.29, 0.717) is 6.04 Å². The van der Waals surface area contributed by atoms with Crippen molar-refractivity contribution in [2.45, 2.75) is 42.7 Å². The van der Waals surface area contributed by atoms with Crippen molar-refractivity contribution in [3.63, 3.8) is 0 Å². The van der Waals surface area contributed by atoms with Gasteiger partial charge in [0.15, 0.2) is 0 Å². The average molecular weight is 358 g/mol. The summed E-state index contributed by atoms with van der Waals surface area (Å²) in [5, 5.41) is 15.3. The number of aliphatic hydroxyl groups excluding tert-OH is 1. The highest BCUT2D eigenvalue weighted by molar-refractivity contribution is 7.99. The number of thioether (sulfide) groups is 1. The summed E-state index contributed by atoms with van der Waals surface area (Å²) >= 11 is 1.88. The van der Waals surface area contributed by atoms with Gasteiger partial charge in [0, 0.05) is 30.6 Å². The normalized spacial score (nSPS) is 29.1. The van der Waals surface area contributed by atoms with E-state index < -0.39 is 0 Å². The highest BCUT2D eigenvalue weighted by atomic mass is 32.2. The zero-order valence-electron chi connectivity index (χ0n) is 14.8. The van der Waals surface area contributed by atoms with Crippen LogP contribution >= 0.6 is 11.8 Å². The van der Waals surface area contributed by atoms with Crippen molar-refractivity contribution in [3.05, 3.63) is 42.1 Å². The molecule has 1 aromatic heterocycles. The van der Waals surface area contributed by atoms with E-state index in [-0.39, 0.29) is 11.0 Å². The van der Waals surface area contributed by atoms with Crippen molar-refractivity contribution in [1.29, 1.82) is 0 Å².